The zero-order valence-electron chi connectivity index (χ0n) is 10.7. The second kappa shape index (κ2) is 5.73. The van der Waals surface area contributed by atoms with E-state index in [0.29, 0.717) is 5.17 Å². The van der Waals surface area contributed by atoms with Crippen molar-refractivity contribution in [1.82, 2.24) is 0 Å². The van der Waals surface area contributed by atoms with E-state index in [9.17, 15) is 0 Å². The Labute approximate surface area is 127 Å². The quantitative estimate of drug-likeness (QED) is 0.560. The molecule has 0 aromatic heterocycles. The topological polar surface area (TPSA) is 21.6 Å². The molecule has 100 valence electrons. The molecule has 0 bridgehead atoms. The number of hydrogen-bond acceptors (Lipinski definition) is 3. The summed E-state index contributed by atoms with van der Waals surface area (Å²) in [5.74, 6) is 2.30. The van der Waals surface area contributed by atoms with Gasteiger partial charge in [0, 0.05) is 10.6 Å². The standard InChI is InChI=1S/C16H12ClNOS/c1-2-9-20-11-7-8-14-12(10-11)16(17)18-13-5-3-4-6-15(13)19-14/h2-8,10H,1,9H2. The third-order valence-electron chi connectivity index (χ3n) is 2.84. The average Bonchev–Trinajstić information content (AvgIpc) is 2.61. The van der Waals surface area contributed by atoms with Crippen molar-refractivity contribution in [2.75, 3.05) is 5.75 Å². The van der Waals surface area contributed by atoms with Crippen molar-refractivity contribution in [3.05, 3.63) is 60.7 Å². The first-order valence-corrected chi connectivity index (χ1v) is 7.53. The molecule has 0 saturated carbocycles. The van der Waals surface area contributed by atoms with Crippen molar-refractivity contribution in [2.24, 2.45) is 4.99 Å². The van der Waals surface area contributed by atoms with E-state index < -0.39 is 0 Å². The van der Waals surface area contributed by atoms with Gasteiger partial charge in [0.2, 0.25) is 0 Å². The van der Waals surface area contributed by atoms with Crippen LogP contribution >= 0.6 is 23.4 Å². The number of fused-ring (bicyclic) bond motifs is 2. The summed E-state index contributed by atoms with van der Waals surface area (Å²) in [4.78, 5) is 5.55. The van der Waals surface area contributed by atoms with Gasteiger partial charge in [0.25, 0.3) is 0 Å². The molecule has 0 fully saturated rings. The van der Waals surface area contributed by atoms with Gasteiger partial charge in [-0.05, 0) is 30.3 Å². The highest BCUT2D eigenvalue weighted by atomic mass is 35.5. The van der Waals surface area contributed by atoms with Gasteiger partial charge in [-0.25, -0.2) is 4.99 Å². The minimum atomic E-state index is 0.450. The third-order valence-corrected chi connectivity index (χ3v) is 4.12. The fourth-order valence-corrected chi connectivity index (χ4v) is 2.84. The van der Waals surface area contributed by atoms with Crippen LogP contribution in [0.3, 0.4) is 0 Å². The monoisotopic (exact) mass is 301 g/mol. The molecule has 1 aliphatic heterocycles. The molecule has 0 unspecified atom stereocenters. The Morgan fingerprint density at radius 3 is 2.90 bits per heavy atom. The van der Waals surface area contributed by atoms with E-state index in [4.69, 9.17) is 16.3 Å². The minimum Gasteiger partial charge on any atom is -0.454 e. The smallest absolute Gasteiger partial charge is 0.153 e. The first kappa shape index (κ1) is 13.3. The van der Waals surface area contributed by atoms with E-state index in [-0.39, 0.29) is 0 Å². The average molecular weight is 302 g/mol. The number of aliphatic imine (C=N–C) groups is 1. The zero-order valence-corrected chi connectivity index (χ0v) is 12.2. The van der Waals surface area contributed by atoms with Gasteiger partial charge in [0.1, 0.15) is 16.6 Å². The summed E-state index contributed by atoms with van der Waals surface area (Å²) in [5.41, 5.74) is 1.56. The lowest BCUT2D eigenvalue weighted by molar-refractivity contribution is 0.484. The Balaban J connectivity index is 2.05. The number of thioether (sulfide) groups is 1. The highest BCUT2D eigenvalue weighted by Gasteiger charge is 2.17. The van der Waals surface area contributed by atoms with E-state index in [2.05, 4.69) is 11.6 Å². The van der Waals surface area contributed by atoms with Gasteiger partial charge in [-0.15, -0.1) is 18.3 Å². The molecule has 0 atom stereocenters. The fourth-order valence-electron chi connectivity index (χ4n) is 1.92. The molecule has 2 nitrogen and oxygen atoms in total. The SMILES string of the molecule is C=CCSc1ccc2c(c1)C(Cl)=Nc1ccccc1O2. The van der Waals surface area contributed by atoms with Gasteiger partial charge in [-0.3, -0.25) is 0 Å². The van der Waals surface area contributed by atoms with Gasteiger partial charge in [0.05, 0.1) is 5.56 Å². The molecular formula is C16H12ClNOS. The van der Waals surface area contributed by atoms with E-state index in [1.54, 1.807) is 11.8 Å². The summed E-state index contributed by atoms with van der Waals surface area (Å²) < 4.78 is 5.90. The van der Waals surface area contributed by atoms with Crippen LogP contribution in [-0.4, -0.2) is 10.9 Å². The molecule has 0 amide bonds. The maximum Gasteiger partial charge on any atom is 0.153 e. The number of ether oxygens (including phenoxy) is 1. The zero-order chi connectivity index (χ0) is 13.9. The largest absolute Gasteiger partial charge is 0.454 e. The molecule has 1 aliphatic rings. The highest BCUT2D eigenvalue weighted by molar-refractivity contribution is 7.99. The number of benzene rings is 2. The second-order valence-electron chi connectivity index (χ2n) is 4.23. The number of para-hydroxylation sites is 2. The minimum absolute atomic E-state index is 0.450. The molecule has 20 heavy (non-hydrogen) atoms. The lowest BCUT2D eigenvalue weighted by Crippen LogP contribution is -1.94. The molecule has 2 aromatic rings. The van der Waals surface area contributed by atoms with E-state index in [1.165, 1.54) is 0 Å². The van der Waals surface area contributed by atoms with Crippen molar-refractivity contribution >= 4 is 34.2 Å². The van der Waals surface area contributed by atoms with Crippen LogP contribution in [0.25, 0.3) is 0 Å². The molecule has 2 aromatic carbocycles. The summed E-state index contributed by atoms with van der Waals surface area (Å²) in [6.07, 6.45) is 1.87. The van der Waals surface area contributed by atoms with Gasteiger partial charge in [-0.2, -0.15) is 0 Å². The van der Waals surface area contributed by atoms with E-state index in [0.717, 1.165) is 33.4 Å². The van der Waals surface area contributed by atoms with Crippen LogP contribution in [0.2, 0.25) is 0 Å². The lowest BCUT2D eigenvalue weighted by atomic mass is 10.2. The van der Waals surface area contributed by atoms with Gasteiger partial charge >= 0.3 is 0 Å². The van der Waals surface area contributed by atoms with Gasteiger partial charge < -0.3 is 4.74 Å². The van der Waals surface area contributed by atoms with Crippen LogP contribution in [0.5, 0.6) is 11.5 Å². The predicted octanol–water partition coefficient (Wildman–Crippen LogP) is 5.39. The normalized spacial score (nSPS) is 12.6. The fraction of sp³-hybridized carbons (Fsp3) is 0.0625. The van der Waals surface area contributed by atoms with Crippen molar-refractivity contribution in [3.63, 3.8) is 0 Å². The Kier molecular flexibility index (Phi) is 3.81. The number of nitrogens with zero attached hydrogens (tertiary/aromatic N) is 1. The first-order valence-electron chi connectivity index (χ1n) is 6.17. The number of hydrogen-bond donors (Lipinski definition) is 0. The summed E-state index contributed by atoms with van der Waals surface area (Å²) in [5, 5.41) is 0.450. The predicted molar refractivity (Wildman–Crippen MR) is 85.9 cm³/mol. The molecule has 0 saturated heterocycles. The molecule has 3 rings (SSSR count). The Morgan fingerprint density at radius 1 is 1.20 bits per heavy atom. The first-order chi connectivity index (χ1) is 9.78. The molecule has 1 heterocycles. The molecule has 0 N–H and O–H groups in total. The van der Waals surface area contributed by atoms with Crippen molar-refractivity contribution in [1.29, 1.82) is 0 Å². The van der Waals surface area contributed by atoms with Crippen LogP contribution < -0.4 is 4.74 Å². The summed E-state index contributed by atoms with van der Waals surface area (Å²) in [6.45, 7) is 3.72. The van der Waals surface area contributed by atoms with Crippen LogP contribution in [-0.2, 0) is 0 Å². The second-order valence-corrected chi connectivity index (χ2v) is 5.68. The van der Waals surface area contributed by atoms with Crippen molar-refractivity contribution in [3.8, 4) is 11.5 Å². The van der Waals surface area contributed by atoms with Crippen molar-refractivity contribution < 1.29 is 4.74 Å². The van der Waals surface area contributed by atoms with Crippen LogP contribution in [0, 0.1) is 0 Å². The molecule has 0 radical (unpaired) electrons. The summed E-state index contributed by atoms with van der Waals surface area (Å²) in [7, 11) is 0. The number of halogens is 1. The molecule has 0 aliphatic carbocycles. The maximum atomic E-state index is 6.33. The van der Waals surface area contributed by atoms with Crippen LogP contribution in [0.15, 0.2) is 65.0 Å². The van der Waals surface area contributed by atoms with Crippen LogP contribution in [0.4, 0.5) is 5.69 Å². The maximum absolute atomic E-state index is 6.33. The Hall–Kier alpha value is -1.71. The molecular weight excluding hydrogens is 290 g/mol. The van der Waals surface area contributed by atoms with E-state index in [1.807, 2.05) is 48.5 Å². The third kappa shape index (κ3) is 2.60. The van der Waals surface area contributed by atoms with Gasteiger partial charge in [0.15, 0.2) is 5.75 Å². The van der Waals surface area contributed by atoms with Crippen molar-refractivity contribution in [2.45, 2.75) is 4.90 Å². The number of rotatable bonds is 3. The molecule has 4 heteroatoms. The molecule has 0 spiro atoms. The van der Waals surface area contributed by atoms with Crippen LogP contribution in [0.1, 0.15) is 5.56 Å². The Bertz CT molecular complexity index is 697. The van der Waals surface area contributed by atoms with E-state index >= 15 is 0 Å². The Morgan fingerprint density at radius 2 is 2.05 bits per heavy atom. The lowest BCUT2D eigenvalue weighted by Gasteiger charge is -2.09. The summed E-state index contributed by atoms with van der Waals surface area (Å²) in [6, 6.07) is 13.6. The summed E-state index contributed by atoms with van der Waals surface area (Å²) >= 11 is 8.02. The van der Waals surface area contributed by atoms with Gasteiger partial charge in [-0.1, -0.05) is 29.8 Å². The highest BCUT2D eigenvalue weighted by Crippen LogP contribution is 2.39.